The number of thiazole rings is 1. The molecular formula is C9H13N3S. The van der Waals surface area contributed by atoms with Crippen molar-refractivity contribution < 1.29 is 0 Å². The minimum Gasteiger partial charge on any atom is -0.375 e. The largest absolute Gasteiger partial charge is 0.375 e. The predicted molar refractivity (Wildman–Crippen MR) is 53.9 cm³/mol. The van der Waals surface area contributed by atoms with E-state index in [0.29, 0.717) is 12.0 Å². The third kappa shape index (κ3) is 0.957. The molecule has 4 rings (SSSR count). The molecule has 2 N–H and O–H groups in total. The van der Waals surface area contributed by atoms with Crippen molar-refractivity contribution in [1.82, 2.24) is 9.88 Å². The van der Waals surface area contributed by atoms with Crippen LogP contribution in [0.1, 0.15) is 35.4 Å². The van der Waals surface area contributed by atoms with E-state index in [9.17, 15) is 0 Å². The lowest BCUT2D eigenvalue weighted by Crippen LogP contribution is -2.39. The summed E-state index contributed by atoms with van der Waals surface area (Å²) in [4.78, 5) is 8.31. The molecule has 2 bridgehead atoms. The predicted octanol–water partition coefficient (Wildman–Crippen LogP) is 1.59. The number of aromatic nitrogens is 1. The second-order valence-electron chi connectivity index (χ2n) is 4.03. The second-order valence-corrected chi connectivity index (χ2v) is 5.09. The number of likely N-dealkylation sites (N-methyl/N-ethyl adjacent to an activating group) is 1. The summed E-state index contributed by atoms with van der Waals surface area (Å²) < 4.78 is 0. The number of nitrogens with zero attached hydrogens (tertiary/aromatic N) is 2. The van der Waals surface area contributed by atoms with Crippen LogP contribution in [0.15, 0.2) is 0 Å². The number of fused-ring (bicyclic) bond motifs is 2. The molecule has 1 aromatic rings. The Kier molecular flexibility index (Phi) is 1.46. The van der Waals surface area contributed by atoms with Crippen molar-refractivity contribution in [2.45, 2.75) is 24.8 Å². The van der Waals surface area contributed by atoms with Crippen LogP contribution in [-0.2, 0) is 0 Å². The van der Waals surface area contributed by atoms with E-state index in [1.165, 1.54) is 30.0 Å². The Morgan fingerprint density at radius 2 is 2.38 bits per heavy atom. The molecule has 3 heterocycles. The molecule has 2 atom stereocenters. The van der Waals surface area contributed by atoms with E-state index in [1.54, 1.807) is 11.3 Å². The quantitative estimate of drug-likeness (QED) is 0.683. The summed E-state index contributed by atoms with van der Waals surface area (Å²) >= 11 is 1.68. The van der Waals surface area contributed by atoms with Gasteiger partial charge in [0.25, 0.3) is 0 Å². The molecule has 0 radical (unpaired) electrons. The van der Waals surface area contributed by atoms with Gasteiger partial charge in [0, 0.05) is 23.4 Å². The number of hydrogen-bond donors (Lipinski definition) is 1. The van der Waals surface area contributed by atoms with E-state index in [1.807, 2.05) is 0 Å². The first-order valence-corrected chi connectivity index (χ1v) is 5.53. The van der Waals surface area contributed by atoms with Gasteiger partial charge < -0.3 is 5.73 Å². The molecule has 70 valence electrons. The van der Waals surface area contributed by atoms with Gasteiger partial charge >= 0.3 is 0 Å². The monoisotopic (exact) mass is 195 g/mol. The molecule has 2 unspecified atom stereocenters. The molecule has 4 heteroatoms. The molecular weight excluding hydrogens is 182 g/mol. The van der Waals surface area contributed by atoms with Crippen LogP contribution in [0.3, 0.4) is 0 Å². The zero-order valence-electron chi connectivity index (χ0n) is 7.66. The lowest BCUT2D eigenvalue weighted by atomic mass is 9.82. The highest BCUT2D eigenvalue weighted by molar-refractivity contribution is 7.15. The number of rotatable bonds is 0. The highest BCUT2D eigenvalue weighted by Gasteiger charge is 2.39. The maximum Gasteiger partial charge on any atom is 0.180 e. The first-order chi connectivity index (χ1) is 6.25. The Balaban J connectivity index is 2.15. The number of nitrogen functional groups attached to an aromatic ring is 1. The first kappa shape index (κ1) is 7.76. The molecule has 0 spiro atoms. The van der Waals surface area contributed by atoms with E-state index in [4.69, 9.17) is 5.73 Å². The summed E-state index contributed by atoms with van der Waals surface area (Å²) in [6.45, 7) is 1.17. The number of anilines is 1. The molecule has 2 aliphatic heterocycles. The van der Waals surface area contributed by atoms with Crippen LogP contribution < -0.4 is 5.73 Å². The SMILES string of the molecule is CN1CC2CCC1c1sc(N)nc12. The molecule has 13 heavy (non-hydrogen) atoms. The average Bonchev–Trinajstić information content (AvgIpc) is 2.47. The van der Waals surface area contributed by atoms with E-state index < -0.39 is 0 Å². The van der Waals surface area contributed by atoms with Crippen LogP contribution in [0, 0.1) is 0 Å². The van der Waals surface area contributed by atoms with Crippen molar-refractivity contribution in [3.63, 3.8) is 0 Å². The van der Waals surface area contributed by atoms with Gasteiger partial charge in [0.1, 0.15) is 0 Å². The fourth-order valence-corrected chi connectivity index (χ4v) is 3.71. The zero-order chi connectivity index (χ0) is 9.00. The summed E-state index contributed by atoms with van der Waals surface area (Å²) in [6.07, 6.45) is 2.58. The average molecular weight is 195 g/mol. The van der Waals surface area contributed by atoms with Gasteiger partial charge in [-0.1, -0.05) is 0 Å². The third-order valence-corrected chi connectivity index (χ3v) is 4.22. The maximum absolute atomic E-state index is 5.74. The number of nitrogens with two attached hydrogens (primary N) is 1. The number of hydrogen-bond acceptors (Lipinski definition) is 4. The lowest BCUT2D eigenvalue weighted by molar-refractivity contribution is 0.147. The van der Waals surface area contributed by atoms with Gasteiger partial charge in [-0.2, -0.15) is 0 Å². The minimum atomic E-state index is 0.606. The van der Waals surface area contributed by atoms with Crippen molar-refractivity contribution in [3.8, 4) is 0 Å². The summed E-state index contributed by atoms with van der Waals surface area (Å²) in [5.74, 6) is 0.651. The molecule has 0 aromatic carbocycles. The third-order valence-electron chi connectivity index (χ3n) is 3.22. The maximum atomic E-state index is 5.74. The van der Waals surface area contributed by atoms with Gasteiger partial charge in [-0.25, -0.2) is 4.98 Å². The molecule has 0 saturated carbocycles. The molecule has 3 nitrogen and oxygen atoms in total. The fourth-order valence-electron chi connectivity index (χ4n) is 2.59. The van der Waals surface area contributed by atoms with E-state index in [2.05, 4.69) is 16.9 Å². The molecule has 3 aliphatic rings. The highest BCUT2D eigenvalue weighted by Crippen LogP contribution is 2.48. The van der Waals surface area contributed by atoms with Crippen LogP contribution >= 0.6 is 11.3 Å². The Labute approximate surface area is 81.6 Å². The zero-order valence-corrected chi connectivity index (χ0v) is 8.47. The fraction of sp³-hybridized carbons (Fsp3) is 0.667. The summed E-state index contributed by atoms with van der Waals surface area (Å²) in [7, 11) is 2.20. The van der Waals surface area contributed by atoms with Crippen LogP contribution in [0.25, 0.3) is 0 Å². The lowest BCUT2D eigenvalue weighted by Gasteiger charge is -2.42. The first-order valence-electron chi connectivity index (χ1n) is 4.72. The summed E-state index contributed by atoms with van der Waals surface area (Å²) in [5, 5.41) is 0.747. The normalized spacial score (nSPS) is 32.1. The summed E-state index contributed by atoms with van der Waals surface area (Å²) in [6, 6.07) is 0.606. The Morgan fingerprint density at radius 3 is 3.15 bits per heavy atom. The van der Waals surface area contributed by atoms with Crippen LogP contribution in [0.2, 0.25) is 0 Å². The van der Waals surface area contributed by atoms with Crippen molar-refractivity contribution in [3.05, 3.63) is 10.6 Å². The van der Waals surface area contributed by atoms with Gasteiger partial charge in [0.2, 0.25) is 0 Å². The van der Waals surface area contributed by atoms with E-state index in [0.717, 1.165) is 5.13 Å². The van der Waals surface area contributed by atoms with Crippen molar-refractivity contribution in [2.24, 2.45) is 0 Å². The van der Waals surface area contributed by atoms with Crippen LogP contribution in [0.4, 0.5) is 5.13 Å². The molecule has 1 aliphatic carbocycles. The van der Waals surface area contributed by atoms with Crippen molar-refractivity contribution >= 4 is 16.5 Å². The highest BCUT2D eigenvalue weighted by atomic mass is 32.1. The summed E-state index contributed by atoms with van der Waals surface area (Å²) in [5.41, 5.74) is 7.05. The van der Waals surface area contributed by atoms with Crippen LogP contribution in [-0.4, -0.2) is 23.5 Å². The van der Waals surface area contributed by atoms with Gasteiger partial charge in [-0.05, 0) is 19.9 Å². The molecule has 1 aromatic heterocycles. The van der Waals surface area contributed by atoms with Crippen LogP contribution in [0.5, 0.6) is 0 Å². The van der Waals surface area contributed by atoms with Gasteiger partial charge in [-0.3, -0.25) is 4.90 Å². The van der Waals surface area contributed by atoms with Gasteiger partial charge in [0.15, 0.2) is 5.13 Å². The Bertz CT molecular complexity index is 347. The van der Waals surface area contributed by atoms with Crippen molar-refractivity contribution in [2.75, 3.05) is 19.3 Å². The van der Waals surface area contributed by atoms with Gasteiger partial charge in [0.05, 0.1) is 5.69 Å². The van der Waals surface area contributed by atoms with E-state index in [-0.39, 0.29) is 0 Å². The topological polar surface area (TPSA) is 42.1 Å². The smallest absolute Gasteiger partial charge is 0.180 e. The standard InChI is InChI=1S/C9H13N3S/c1-12-4-5-2-3-6(12)8-7(5)11-9(10)13-8/h5-6H,2-4H2,1H3,(H2,10,11). The molecule has 0 amide bonds. The van der Waals surface area contributed by atoms with Gasteiger partial charge in [-0.15, -0.1) is 11.3 Å². The number of piperidine rings is 1. The molecule has 1 fully saturated rings. The van der Waals surface area contributed by atoms with Crippen molar-refractivity contribution in [1.29, 1.82) is 0 Å². The second kappa shape index (κ2) is 2.45. The molecule has 1 saturated heterocycles. The Hall–Kier alpha value is -0.610. The minimum absolute atomic E-state index is 0.606. The Morgan fingerprint density at radius 1 is 1.54 bits per heavy atom. The van der Waals surface area contributed by atoms with E-state index >= 15 is 0 Å².